The first-order chi connectivity index (χ1) is 7.61. The summed E-state index contributed by atoms with van der Waals surface area (Å²) < 4.78 is 0. The van der Waals surface area contributed by atoms with Crippen LogP contribution in [0.3, 0.4) is 0 Å². The molecule has 0 aromatic heterocycles. The zero-order chi connectivity index (χ0) is 12.0. The van der Waals surface area contributed by atoms with Crippen LogP contribution in [-0.4, -0.2) is 11.9 Å². The van der Waals surface area contributed by atoms with E-state index < -0.39 is 0 Å². The molecule has 1 amide bonds. The highest BCUT2D eigenvalue weighted by Crippen LogP contribution is 2.11. The summed E-state index contributed by atoms with van der Waals surface area (Å²) in [6, 6.07) is 7.65. The van der Waals surface area contributed by atoms with E-state index in [1.54, 1.807) is 0 Å². The molecule has 0 aliphatic carbocycles. The lowest BCUT2D eigenvalue weighted by molar-refractivity contribution is -0.121. The van der Waals surface area contributed by atoms with Crippen molar-refractivity contribution in [1.82, 2.24) is 5.32 Å². The molecule has 1 aromatic rings. The Hall–Kier alpha value is -1.02. The molecule has 16 heavy (non-hydrogen) atoms. The smallest absolute Gasteiger partial charge is 0.224 e. The van der Waals surface area contributed by atoms with Crippen LogP contribution in [0.25, 0.3) is 0 Å². The van der Waals surface area contributed by atoms with E-state index in [1.807, 2.05) is 31.2 Å². The van der Waals surface area contributed by atoms with Crippen molar-refractivity contribution < 1.29 is 4.79 Å². The first-order valence-corrected chi connectivity index (χ1v) is 6.03. The molecule has 0 heterocycles. The average molecular weight is 240 g/mol. The molecule has 1 aromatic carbocycles. The van der Waals surface area contributed by atoms with E-state index in [-0.39, 0.29) is 11.9 Å². The number of benzene rings is 1. The Labute approximate surface area is 102 Å². The molecule has 1 unspecified atom stereocenters. The van der Waals surface area contributed by atoms with Crippen molar-refractivity contribution in [2.75, 3.05) is 0 Å². The second-order valence-corrected chi connectivity index (χ2v) is 4.50. The van der Waals surface area contributed by atoms with Crippen LogP contribution in [0.1, 0.15) is 32.3 Å². The van der Waals surface area contributed by atoms with Crippen LogP contribution in [-0.2, 0) is 11.2 Å². The number of carbonyl (C=O) groups is 1. The molecule has 1 atom stereocenters. The average Bonchev–Trinajstić information content (AvgIpc) is 2.17. The van der Waals surface area contributed by atoms with Gasteiger partial charge in [-0.05, 0) is 31.0 Å². The van der Waals surface area contributed by atoms with Crippen molar-refractivity contribution in [1.29, 1.82) is 0 Å². The maximum absolute atomic E-state index is 11.7. The highest BCUT2D eigenvalue weighted by Gasteiger charge is 2.07. The van der Waals surface area contributed by atoms with Crippen LogP contribution in [0, 0.1) is 0 Å². The Bertz CT molecular complexity index is 352. The molecule has 88 valence electrons. The number of hydrogen-bond donors (Lipinski definition) is 1. The summed E-state index contributed by atoms with van der Waals surface area (Å²) in [7, 11) is 0. The van der Waals surface area contributed by atoms with E-state index >= 15 is 0 Å². The van der Waals surface area contributed by atoms with Gasteiger partial charge in [-0.2, -0.15) is 0 Å². The van der Waals surface area contributed by atoms with Gasteiger partial charge in [0.1, 0.15) is 0 Å². The molecule has 2 nitrogen and oxygen atoms in total. The van der Waals surface area contributed by atoms with Gasteiger partial charge in [0.05, 0.1) is 6.42 Å². The lowest BCUT2D eigenvalue weighted by Crippen LogP contribution is -2.33. The van der Waals surface area contributed by atoms with Crippen molar-refractivity contribution >= 4 is 17.5 Å². The molecule has 0 aliphatic heterocycles. The number of amides is 1. The molecular formula is C13H18ClNO. The first-order valence-electron chi connectivity index (χ1n) is 5.65. The molecule has 0 spiro atoms. The molecule has 0 radical (unpaired) electrons. The largest absolute Gasteiger partial charge is 0.353 e. The van der Waals surface area contributed by atoms with E-state index in [2.05, 4.69) is 12.2 Å². The Kier molecular flexibility index (Phi) is 5.33. The van der Waals surface area contributed by atoms with Gasteiger partial charge in [0.15, 0.2) is 0 Å². The molecule has 0 fully saturated rings. The molecule has 0 bridgehead atoms. The van der Waals surface area contributed by atoms with Crippen LogP contribution in [0.15, 0.2) is 24.3 Å². The third-order valence-electron chi connectivity index (χ3n) is 2.38. The van der Waals surface area contributed by atoms with Gasteiger partial charge in [-0.3, -0.25) is 4.79 Å². The molecular weight excluding hydrogens is 222 g/mol. The van der Waals surface area contributed by atoms with E-state index in [1.165, 1.54) is 0 Å². The van der Waals surface area contributed by atoms with E-state index in [0.29, 0.717) is 11.4 Å². The second-order valence-electron chi connectivity index (χ2n) is 4.06. The van der Waals surface area contributed by atoms with Crippen LogP contribution < -0.4 is 5.32 Å². The van der Waals surface area contributed by atoms with Gasteiger partial charge >= 0.3 is 0 Å². The summed E-state index contributed by atoms with van der Waals surface area (Å²) in [6.07, 6.45) is 2.49. The van der Waals surface area contributed by atoms with Crippen molar-refractivity contribution in [2.45, 2.75) is 39.2 Å². The third-order valence-corrected chi connectivity index (χ3v) is 2.62. The molecule has 3 heteroatoms. The summed E-state index contributed by atoms with van der Waals surface area (Å²) in [5.41, 5.74) is 0.952. The maximum Gasteiger partial charge on any atom is 0.224 e. The monoisotopic (exact) mass is 239 g/mol. The lowest BCUT2D eigenvalue weighted by atomic mass is 10.1. The predicted octanol–water partition coefficient (Wildman–Crippen LogP) is 3.19. The SMILES string of the molecule is CCCC(C)NC(=O)Cc1cccc(Cl)c1. The van der Waals surface area contributed by atoms with Gasteiger partial charge in [-0.1, -0.05) is 37.1 Å². The minimum Gasteiger partial charge on any atom is -0.353 e. The number of rotatable bonds is 5. The van der Waals surface area contributed by atoms with Gasteiger partial charge in [0.25, 0.3) is 0 Å². The Morgan fingerprint density at radius 2 is 2.25 bits per heavy atom. The van der Waals surface area contributed by atoms with Crippen LogP contribution >= 0.6 is 11.6 Å². The highest BCUT2D eigenvalue weighted by molar-refractivity contribution is 6.30. The first kappa shape index (κ1) is 13.0. The van der Waals surface area contributed by atoms with Crippen LogP contribution in [0.4, 0.5) is 0 Å². The summed E-state index contributed by atoms with van der Waals surface area (Å²) in [6.45, 7) is 4.14. The zero-order valence-electron chi connectivity index (χ0n) is 9.79. The number of hydrogen-bond acceptors (Lipinski definition) is 1. The number of carbonyl (C=O) groups excluding carboxylic acids is 1. The summed E-state index contributed by atoms with van der Waals surface area (Å²) in [4.78, 5) is 11.7. The fourth-order valence-electron chi connectivity index (χ4n) is 1.66. The van der Waals surface area contributed by atoms with E-state index in [9.17, 15) is 4.79 Å². The summed E-state index contributed by atoms with van der Waals surface area (Å²) in [5, 5.41) is 3.64. The molecule has 0 saturated carbocycles. The fourth-order valence-corrected chi connectivity index (χ4v) is 1.88. The standard InChI is InChI=1S/C13H18ClNO/c1-3-5-10(2)15-13(16)9-11-6-4-7-12(14)8-11/h4,6-8,10H,3,5,9H2,1-2H3,(H,15,16). The molecule has 0 saturated heterocycles. The minimum atomic E-state index is 0.0585. The van der Waals surface area contributed by atoms with Crippen molar-refractivity contribution in [2.24, 2.45) is 0 Å². The molecule has 0 aliphatic rings. The van der Waals surface area contributed by atoms with Gasteiger partial charge in [-0.25, -0.2) is 0 Å². The van der Waals surface area contributed by atoms with Gasteiger partial charge in [-0.15, -0.1) is 0 Å². The normalized spacial score (nSPS) is 12.2. The molecule has 1 rings (SSSR count). The Balaban J connectivity index is 2.45. The third kappa shape index (κ3) is 4.67. The Morgan fingerprint density at radius 3 is 2.88 bits per heavy atom. The lowest BCUT2D eigenvalue weighted by Gasteiger charge is -2.12. The number of halogens is 1. The second kappa shape index (κ2) is 6.54. The summed E-state index contributed by atoms with van der Waals surface area (Å²) in [5.74, 6) is 0.0585. The van der Waals surface area contributed by atoms with Crippen LogP contribution in [0.2, 0.25) is 5.02 Å². The number of nitrogens with one attached hydrogen (secondary N) is 1. The quantitative estimate of drug-likeness (QED) is 0.840. The Morgan fingerprint density at radius 1 is 1.50 bits per heavy atom. The van der Waals surface area contributed by atoms with Crippen molar-refractivity contribution in [3.63, 3.8) is 0 Å². The topological polar surface area (TPSA) is 29.1 Å². The minimum absolute atomic E-state index is 0.0585. The summed E-state index contributed by atoms with van der Waals surface area (Å²) >= 11 is 5.85. The maximum atomic E-state index is 11.7. The van der Waals surface area contributed by atoms with E-state index in [4.69, 9.17) is 11.6 Å². The van der Waals surface area contributed by atoms with Crippen LogP contribution in [0.5, 0.6) is 0 Å². The van der Waals surface area contributed by atoms with E-state index in [0.717, 1.165) is 18.4 Å². The highest BCUT2D eigenvalue weighted by atomic mass is 35.5. The predicted molar refractivity (Wildman–Crippen MR) is 67.7 cm³/mol. The van der Waals surface area contributed by atoms with Gasteiger partial charge < -0.3 is 5.32 Å². The molecule has 1 N–H and O–H groups in total. The van der Waals surface area contributed by atoms with Gasteiger partial charge in [0.2, 0.25) is 5.91 Å². The zero-order valence-corrected chi connectivity index (χ0v) is 10.6. The van der Waals surface area contributed by atoms with Gasteiger partial charge in [0, 0.05) is 11.1 Å². The van der Waals surface area contributed by atoms with Crippen molar-refractivity contribution in [3.8, 4) is 0 Å². The van der Waals surface area contributed by atoms with Crippen molar-refractivity contribution in [3.05, 3.63) is 34.9 Å². The fraction of sp³-hybridized carbons (Fsp3) is 0.462.